The van der Waals surface area contributed by atoms with Gasteiger partial charge in [0.15, 0.2) is 6.29 Å². The number of nitrogens with two attached hydrogens (primary N) is 1. The van der Waals surface area contributed by atoms with Crippen molar-refractivity contribution in [3.05, 3.63) is 0 Å². The van der Waals surface area contributed by atoms with Crippen molar-refractivity contribution in [3.8, 4) is 0 Å². The second-order valence-electron chi connectivity index (χ2n) is 12.9. The average Bonchev–Trinajstić information content (AvgIpc) is 2.96. The number of hydrogen-bond donors (Lipinski definition) is 8. The Balaban J connectivity index is 1.31. The van der Waals surface area contributed by atoms with E-state index in [1.54, 1.807) is 0 Å². The number of fused-ring (bicyclic) bond motifs is 2. The molecule has 0 aromatic carbocycles. The van der Waals surface area contributed by atoms with E-state index in [2.05, 4.69) is 5.32 Å². The van der Waals surface area contributed by atoms with Crippen LogP contribution in [-0.2, 0) is 23.8 Å². The third kappa shape index (κ3) is 6.01. The van der Waals surface area contributed by atoms with Gasteiger partial charge in [-0.2, -0.15) is 0 Å². The fourth-order valence-corrected chi connectivity index (χ4v) is 7.99. The van der Waals surface area contributed by atoms with Gasteiger partial charge in [-0.15, -0.1) is 0 Å². The molecule has 0 aromatic rings. The molecule has 0 aromatic heterocycles. The molecule has 13 heteroatoms. The summed E-state index contributed by atoms with van der Waals surface area (Å²) in [7, 11) is 1.49. The summed E-state index contributed by atoms with van der Waals surface area (Å²) in [5.41, 5.74) is 5.93. The molecule has 13 nitrogen and oxygen atoms in total. The molecule has 5 aliphatic rings. The number of piperidine rings is 1. The zero-order chi connectivity index (χ0) is 29.6. The molecule has 15 atom stereocenters. The first-order chi connectivity index (χ1) is 19.5. The third-order valence-electron chi connectivity index (χ3n) is 10.4. The van der Waals surface area contributed by atoms with Crippen LogP contribution in [-0.4, -0.2) is 117 Å². The van der Waals surface area contributed by atoms with Gasteiger partial charge in [-0.3, -0.25) is 9.59 Å². The maximum absolute atomic E-state index is 14.0. The highest BCUT2D eigenvalue weighted by atomic mass is 16.8. The number of carbonyl (C=O) groups is 2. The topological polar surface area (TPSA) is 221 Å². The summed E-state index contributed by atoms with van der Waals surface area (Å²) in [6.07, 6.45) is -4.59. The Morgan fingerprint density at radius 3 is 2.32 bits per heavy atom. The highest BCUT2D eigenvalue weighted by Crippen LogP contribution is 2.50. The number of methoxy groups -OCH3 is 1. The first-order valence-electron chi connectivity index (χ1n) is 14.9. The van der Waals surface area contributed by atoms with E-state index < -0.39 is 79.0 Å². The van der Waals surface area contributed by atoms with Crippen LogP contribution in [0.5, 0.6) is 0 Å². The van der Waals surface area contributed by atoms with Gasteiger partial charge >= 0.3 is 0 Å². The summed E-state index contributed by atoms with van der Waals surface area (Å²) < 4.78 is 16.8. The van der Waals surface area contributed by atoms with Crippen molar-refractivity contribution in [1.29, 1.82) is 0 Å². The number of ketones is 2. The largest absolute Gasteiger partial charge is 0.392 e. The molecule has 2 aliphatic heterocycles. The smallest absolute Gasteiger partial charge is 0.221 e. The molecule has 0 amide bonds. The van der Waals surface area contributed by atoms with Crippen molar-refractivity contribution in [1.82, 2.24) is 5.32 Å². The van der Waals surface area contributed by atoms with Gasteiger partial charge in [0.05, 0.1) is 42.9 Å². The van der Waals surface area contributed by atoms with E-state index in [4.69, 9.17) is 19.9 Å². The molecule has 3 aliphatic carbocycles. The fourth-order valence-electron chi connectivity index (χ4n) is 7.99. The lowest BCUT2D eigenvalue weighted by molar-refractivity contribution is -0.405. The molecule has 5 fully saturated rings. The maximum Gasteiger partial charge on any atom is 0.221 e. The molecule has 0 bridgehead atoms. The van der Waals surface area contributed by atoms with Crippen LogP contribution in [0, 0.1) is 35.5 Å². The minimum Gasteiger partial charge on any atom is -0.392 e. The van der Waals surface area contributed by atoms with E-state index in [1.165, 1.54) is 7.11 Å². The molecule has 5 rings (SSSR count). The van der Waals surface area contributed by atoms with E-state index in [-0.39, 0.29) is 30.1 Å². The van der Waals surface area contributed by atoms with Gasteiger partial charge < -0.3 is 55.9 Å². The van der Waals surface area contributed by atoms with Crippen molar-refractivity contribution >= 4 is 11.6 Å². The number of aliphatic hydroxyl groups is 6. The Bertz CT molecular complexity index is 948. The maximum atomic E-state index is 14.0. The van der Waals surface area contributed by atoms with Crippen LogP contribution < -0.4 is 11.1 Å². The number of carbonyl (C=O) groups excluding carboxylic acids is 2. The summed E-state index contributed by atoms with van der Waals surface area (Å²) in [5.74, 6) is -5.50. The summed E-state index contributed by atoms with van der Waals surface area (Å²) in [6, 6.07) is 0. The number of rotatable bonds is 7. The minimum absolute atomic E-state index is 0.0343. The molecule has 41 heavy (non-hydrogen) atoms. The fraction of sp³-hybridized carbons (Fsp3) is 0.929. The SMILES string of the molecule is COC1CC(OC2OC(O)(CO)C(O)C(O)C2O)C2C(=O)C3C(O)CC(CCC4CCC(N)NC4)CC3C(=O)C2C1. The molecule has 2 heterocycles. The normalized spacial score (nSPS) is 50.7. The van der Waals surface area contributed by atoms with Gasteiger partial charge in [0.25, 0.3) is 0 Å². The zero-order valence-corrected chi connectivity index (χ0v) is 23.5. The average molecular weight is 587 g/mol. The Morgan fingerprint density at radius 2 is 1.66 bits per heavy atom. The van der Waals surface area contributed by atoms with Gasteiger partial charge in [0.2, 0.25) is 5.79 Å². The molecule has 3 saturated carbocycles. The number of nitrogens with one attached hydrogen (secondary N) is 1. The Labute approximate surface area is 239 Å². The van der Waals surface area contributed by atoms with Crippen LogP contribution in [0.2, 0.25) is 0 Å². The predicted octanol–water partition coefficient (Wildman–Crippen LogP) is -2.25. The van der Waals surface area contributed by atoms with Gasteiger partial charge in [0.1, 0.15) is 29.9 Å². The van der Waals surface area contributed by atoms with Crippen molar-refractivity contribution < 1.29 is 54.4 Å². The molecule has 2 saturated heterocycles. The summed E-state index contributed by atoms with van der Waals surface area (Å²) in [4.78, 5) is 27.9. The van der Waals surface area contributed by atoms with E-state index in [9.17, 15) is 40.2 Å². The highest BCUT2D eigenvalue weighted by molar-refractivity contribution is 6.00. The lowest BCUT2D eigenvalue weighted by Gasteiger charge is -2.51. The third-order valence-corrected chi connectivity index (χ3v) is 10.4. The van der Waals surface area contributed by atoms with E-state index in [1.807, 2.05) is 0 Å². The number of aliphatic hydroxyl groups excluding tert-OH is 5. The summed E-state index contributed by atoms with van der Waals surface area (Å²) in [5, 5.41) is 65.4. The van der Waals surface area contributed by atoms with Crippen LogP contribution in [0.15, 0.2) is 0 Å². The van der Waals surface area contributed by atoms with Crippen molar-refractivity contribution in [3.63, 3.8) is 0 Å². The van der Waals surface area contributed by atoms with Crippen molar-refractivity contribution in [2.75, 3.05) is 20.3 Å². The quantitative estimate of drug-likeness (QED) is 0.158. The Hall–Kier alpha value is -1.10. The van der Waals surface area contributed by atoms with Gasteiger partial charge in [0, 0.05) is 25.4 Å². The Morgan fingerprint density at radius 1 is 0.951 bits per heavy atom. The van der Waals surface area contributed by atoms with Crippen molar-refractivity contribution in [2.45, 2.75) is 106 Å². The zero-order valence-electron chi connectivity index (χ0n) is 23.5. The first kappa shape index (κ1) is 31.3. The summed E-state index contributed by atoms with van der Waals surface area (Å²) in [6.45, 7) is -0.233. The molecular formula is C28H46N2O11. The van der Waals surface area contributed by atoms with E-state index >= 15 is 0 Å². The van der Waals surface area contributed by atoms with E-state index in [0.717, 1.165) is 32.2 Å². The number of ether oxygens (including phenoxy) is 3. The first-order valence-corrected chi connectivity index (χ1v) is 14.9. The molecule has 234 valence electrons. The number of hydrogen-bond acceptors (Lipinski definition) is 13. The van der Waals surface area contributed by atoms with Gasteiger partial charge in [-0.25, -0.2) is 0 Å². The molecule has 9 N–H and O–H groups in total. The molecule has 0 radical (unpaired) electrons. The Kier molecular flexibility index (Phi) is 9.54. The lowest BCUT2D eigenvalue weighted by Crippen LogP contribution is -2.67. The number of Topliss-reactive ketones (excluding diaryl/α,β-unsaturated/α-hetero) is 2. The van der Waals surface area contributed by atoms with E-state index in [0.29, 0.717) is 25.2 Å². The second kappa shape index (κ2) is 12.5. The van der Waals surface area contributed by atoms with Crippen LogP contribution in [0.1, 0.15) is 51.4 Å². The molecule has 15 unspecified atom stereocenters. The summed E-state index contributed by atoms with van der Waals surface area (Å²) >= 11 is 0. The van der Waals surface area contributed by atoms with Crippen LogP contribution in [0.3, 0.4) is 0 Å². The molecular weight excluding hydrogens is 540 g/mol. The monoisotopic (exact) mass is 586 g/mol. The van der Waals surface area contributed by atoms with Crippen LogP contribution in [0.25, 0.3) is 0 Å². The standard InChI is InChI=1S/C28H46N2O11/c1-39-14-8-16-21(18(9-14)40-27-25(36)24(35)26(37)28(38,11-31)41-27)23(34)20-15(22(16)33)6-13(7-17(20)32)3-2-12-4-5-19(29)30-10-12/h12-21,24-27,30-32,35-38H,2-11,29H2,1H3. The van der Waals surface area contributed by atoms with Crippen LogP contribution >= 0.6 is 0 Å². The minimum atomic E-state index is -2.61. The predicted molar refractivity (Wildman–Crippen MR) is 140 cm³/mol. The van der Waals surface area contributed by atoms with Crippen molar-refractivity contribution in [2.24, 2.45) is 41.2 Å². The van der Waals surface area contributed by atoms with Gasteiger partial charge in [-0.05, 0) is 56.9 Å². The lowest BCUT2D eigenvalue weighted by atomic mass is 9.55. The van der Waals surface area contributed by atoms with Gasteiger partial charge in [-0.1, -0.05) is 6.42 Å². The second-order valence-corrected chi connectivity index (χ2v) is 12.9. The van der Waals surface area contributed by atoms with Crippen LogP contribution in [0.4, 0.5) is 0 Å². The highest BCUT2D eigenvalue weighted by Gasteiger charge is 2.60. The molecule has 0 spiro atoms.